The molecule has 0 saturated carbocycles. The van der Waals surface area contributed by atoms with Gasteiger partial charge in [0.25, 0.3) is 0 Å². The highest BCUT2D eigenvalue weighted by molar-refractivity contribution is 7.89. The average molecular weight is 284 g/mol. The highest BCUT2D eigenvalue weighted by atomic mass is 32.2. The summed E-state index contributed by atoms with van der Waals surface area (Å²) in [7, 11) is -3.53. The Kier molecular flexibility index (Phi) is 4.07. The van der Waals surface area contributed by atoms with Gasteiger partial charge in [0.05, 0.1) is 0 Å². The number of hydrazine groups is 1. The maximum Gasteiger partial charge on any atom is 0.246 e. The second-order valence-electron chi connectivity index (χ2n) is 5.10. The molecule has 0 bridgehead atoms. The normalized spacial score (nSPS) is 25.2. The molecule has 0 amide bonds. The van der Waals surface area contributed by atoms with Gasteiger partial charge in [0.2, 0.25) is 10.0 Å². The predicted molar refractivity (Wildman–Crippen MR) is 73.8 cm³/mol. The maximum atomic E-state index is 12.6. The highest BCUT2D eigenvalue weighted by Gasteiger charge is 2.33. The Labute approximate surface area is 114 Å². The summed E-state index contributed by atoms with van der Waals surface area (Å²) in [5, 5.41) is 0. The number of pyridine rings is 1. The van der Waals surface area contributed by atoms with E-state index < -0.39 is 10.0 Å². The van der Waals surface area contributed by atoms with Crippen LogP contribution in [0.3, 0.4) is 0 Å². The number of sulfonamides is 1. The smallest absolute Gasteiger partial charge is 0.246 e. The summed E-state index contributed by atoms with van der Waals surface area (Å²) in [6, 6.07) is 3.13. The zero-order valence-corrected chi connectivity index (χ0v) is 12.0. The molecule has 7 heteroatoms. The lowest BCUT2D eigenvalue weighted by Gasteiger charge is -2.34. The minimum absolute atomic E-state index is 0.138. The summed E-state index contributed by atoms with van der Waals surface area (Å²) in [5.41, 5.74) is 2.34. The quantitative estimate of drug-likeness (QED) is 0.639. The molecule has 2 rings (SSSR count). The predicted octanol–water partition coefficient (Wildman–Crippen LogP) is 1.03. The Hall–Kier alpha value is -1.18. The zero-order valence-electron chi connectivity index (χ0n) is 11.2. The van der Waals surface area contributed by atoms with Crippen LogP contribution in [0.2, 0.25) is 0 Å². The number of rotatable bonds is 3. The molecule has 0 aliphatic carbocycles. The molecule has 1 saturated heterocycles. The lowest BCUT2D eigenvalue weighted by atomic mass is 9.90. The van der Waals surface area contributed by atoms with Crippen LogP contribution in [-0.2, 0) is 10.0 Å². The van der Waals surface area contributed by atoms with Crippen molar-refractivity contribution in [3.05, 3.63) is 18.3 Å². The molecule has 0 spiro atoms. The molecule has 3 N–H and O–H groups in total. The number of piperidine rings is 1. The van der Waals surface area contributed by atoms with Crippen molar-refractivity contribution in [3.63, 3.8) is 0 Å². The van der Waals surface area contributed by atoms with Crippen molar-refractivity contribution in [2.45, 2.75) is 25.2 Å². The molecule has 0 radical (unpaired) electrons. The minimum atomic E-state index is -3.53. The number of nitrogens with two attached hydrogens (primary N) is 1. The molecule has 1 aromatic heterocycles. The van der Waals surface area contributed by atoms with Crippen LogP contribution in [0.25, 0.3) is 0 Å². The highest BCUT2D eigenvalue weighted by Crippen LogP contribution is 2.29. The molecule has 2 unspecified atom stereocenters. The third-order valence-electron chi connectivity index (χ3n) is 3.82. The second kappa shape index (κ2) is 5.44. The number of nitrogen functional groups attached to an aromatic ring is 1. The molecule has 2 atom stereocenters. The largest absolute Gasteiger partial charge is 0.307 e. The topological polar surface area (TPSA) is 88.3 Å². The second-order valence-corrected chi connectivity index (χ2v) is 7.01. The van der Waals surface area contributed by atoms with Crippen LogP contribution in [0.1, 0.15) is 20.3 Å². The lowest BCUT2D eigenvalue weighted by molar-refractivity contribution is 0.212. The first-order valence-corrected chi connectivity index (χ1v) is 7.82. The molecule has 6 nitrogen and oxygen atoms in total. The van der Waals surface area contributed by atoms with Crippen molar-refractivity contribution < 1.29 is 8.42 Å². The summed E-state index contributed by atoms with van der Waals surface area (Å²) in [4.78, 5) is 4.09. The third-order valence-corrected chi connectivity index (χ3v) is 5.72. The number of anilines is 1. The standard InChI is InChI=1S/C12H20N4O2S/c1-9-5-7-16(8-10(9)2)19(17,18)11-4-3-6-14-12(11)15-13/h3-4,6,9-10H,5,7-8,13H2,1-2H3,(H,14,15). The molecule has 19 heavy (non-hydrogen) atoms. The zero-order chi connectivity index (χ0) is 14.0. The fourth-order valence-corrected chi connectivity index (χ4v) is 3.95. The number of nitrogens with one attached hydrogen (secondary N) is 1. The Bertz CT molecular complexity index is 546. The SMILES string of the molecule is CC1CCN(S(=O)(=O)c2cccnc2NN)CC1C. The van der Waals surface area contributed by atoms with E-state index in [1.165, 1.54) is 16.6 Å². The van der Waals surface area contributed by atoms with Crippen LogP contribution in [0.5, 0.6) is 0 Å². The molecular formula is C12H20N4O2S. The molecule has 0 aromatic carbocycles. The molecule has 1 fully saturated rings. The van der Waals surface area contributed by atoms with Crippen LogP contribution < -0.4 is 11.3 Å². The first-order valence-electron chi connectivity index (χ1n) is 6.38. The Balaban J connectivity index is 2.32. The van der Waals surface area contributed by atoms with Crippen LogP contribution in [0.4, 0.5) is 5.82 Å². The Morgan fingerprint density at radius 1 is 1.42 bits per heavy atom. The maximum absolute atomic E-state index is 12.6. The number of nitrogens with zero attached hydrogens (tertiary/aromatic N) is 2. The van der Waals surface area contributed by atoms with Gasteiger partial charge in [-0.2, -0.15) is 4.31 Å². The van der Waals surface area contributed by atoms with E-state index in [0.29, 0.717) is 24.9 Å². The van der Waals surface area contributed by atoms with E-state index in [1.54, 1.807) is 6.07 Å². The van der Waals surface area contributed by atoms with Crippen LogP contribution in [-0.4, -0.2) is 30.8 Å². The molecule has 1 aromatic rings. The van der Waals surface area contributed by atoms with Crippen molar-refractivity contribution in [2.75, 3.05) is 18.5 Å². The van der Waals surface area contributed by atoms with Gasteiger partial charge in [0, 0.05) is 19.3 Å². The molecule has 1 aliphatic heterocycles. The Morgan fingerprint density at radius 3 is 2.79 bits per heavy atom. The molecule has 106 valence electrons. The average Bonchev–Trinajstić information content (AvgIpc) is 2.41. The van der Waals surface area contributed by atoms with Gasteiger partial charge in [0.15, 0.2) is 5.82 Å². The minimum Gasteiger partial charge on any atom is -0.307 e. The van der Waals surface area contributed by atoms with Gasteiger partial charge in [-0.3, -0.25) is 0 Å². The van der Waals surface area contributed by atoms with E-state index in [0.717, 1.165) is 6.42 Å². The van der Waals surface area contributed by atoms with Crippen molar-refractivity contribution in [1.82, 2.24) is 9.29 Å². The number of hydrogen-bond acceptors (Lipinski definition) is 5. The van der Waals surface area contributed by atoms with Crippen molar-refractivity contribution >= 4 is 15.8 Å². The van der Waals surface area contributed by atoms with Crippen molar-refractivity contribution in [2.24, 2.45) is 17.7 Å². The lowest BCUT2D eigenvalue weighted by Crippen LogP contribution is -2.42. The summed E-state index contributed by atoms with van der Waals surface area (Å²) in [6.45, 7) is 5.33. The van der Waals surface area contributed by atoms with E-state index in [9.17, 15) is 8.42 Å². The third kappa shape index (κ3) is 2.72. The van der Waals surface area contributed by atoms with Crippen LogP contribution in [0, 0.1) is 11.8 Å². The summed E-state index contributed by atoms with van der Waals surface area (Å²) >= 11 is 0. The summed E-state index contributed by atoms with van der Waals surface area (Å²) in [6.07, 6.45) is 2.39. The Morgan fingerprint density at radius 2 is 2.16 bits per heavy atom. The fourth-order valence-electron chi connectivity index (χ4n) is 2.29. The molecular weight excluding hydrogens is 264 g/mol. The summed E-state index contributed by atoms with van der Waals surface area (Å²) in [5.74, 6) is 6.42. The van der Waals surface area contributed by atoms with E-state index in [4.69, 9.17) is 5.84 Å². The first-order chi connectivity index (χ1) is 8.96. The van der Waals surface area contributed by atoms with Gasteiger partial charge in [-0.25, -0.2) is 19.2 Å². The molecule has 1 aliphatic rings. The van der Waals surface area contributed by atoms with Crippen LogP contribution >= 0.6 is 0 Å². The summed E-state index contributed by atoms with van der Waals surface area (Å²) < 4.78 is 26.7. The molecule has 2 heterocycles. The van der Waals surface area contributed by atoms with E-state index in [1.807, 2.05) is 0 Å². The van der Waals surface area contributed by atoms with Gasteiger partial charge in [-0.15, -0.1) is 0 Å². The van der Waals surface area contributed by atoms with Gasteiger partial charge in [-0.1, -0.05) is 13.8 Å². The number of aromatic nitrogens is 1. The monoisotopic (exact) mass is 284 g/mol. The van der Waals surface area contributed by atoms with E-state index in [-0.39, 0.29) is 10.7 Å². The first kappa shape index (κ1) is 14.2. The van der Waals surface area contributed by atoms with E-state index >= 15 is 0 Å². The van der Waals surface area contributed by atoms with Gasteiger partial charge in [0.1, 0.15) is 4.90 Å². The van der Waals surface area contributed by atoms with Gasteiger partial charge in [-0.05, 0) is 30.4 Å². The van der Waals surface area contributed by atoms with Crippen molar-refractivity contribution in [3.8, 4) is 0 Å². The van der Waals surface area contributed by atoms with Gasteiger partial charge >= 0.3 is 0 Å². The van der Waals surface area contributed by atoms with Gasteiger partial charge < -0.3 is 5.43 Å². The fraction of sp³-hybridized carbons (Fsp3) is 0.583. The van der Waals surface area contributed by atoms with Crippen LogP contribution in [0.15, 0.2) is 23.2 Å². The van der Waals surface area contributed by atoms with Crippen molar-refractivity contribution in [1.29, 1.82) is 0 Å². The number of hydrogen-bond donors (Lipinski definition) is 2. The van der Waals surface area contributed by atoms with E-state index in [2.05, 4.69) is 24.3 Å².